The molecule has 0 saturated heterocycles. The number of nitrogens with one attached hydrogen (secondary N) is 2. The summed E-state index contributed by atoms with van der Waals surface area (Å²) in [5.41, 5.74) is 3.81. The lowest BCUT2D eigenvalue weighted by Gasteiger charge is -2.04. The summed E-state index contributed by atoms with van der Waals surface area (Å²) < 4.78 is 1.60. The van der Waals surface area contributed by atoms with Crippen molar-refractivity contribution in [3.8, 4) is 0 Å². The first-order valence-electron chi connectivity index (χ1n) is 5.88. The SMILES string of the molecule is CCc1cc(C(=O)Nc2c(C)n[nH]c2C)n(C)n1. The molecule has 0 aliphatic rings. The highest BCUT2D eigenvalue weighted by Gasteiger charge is 2.15. The number of aryl methyl sites for hydroxylation is 4. The van der Waals surface area contributed by atoms with E-state index in [0.29, 0.717) is 5.69 Å². The maximum Gasteiger partial charge on any atom is 0.274 e. The monoisotopic (exact) mass is 247 g/mol. The van der Waals surface area contributed by atoms with Crippen LogP contribution in [0.15, 0.2) is 6.07 Å². The Labute approximate surface area is 105 Å². The molecule has 6 heteroatoms. The second kappa shape index (κ2) is 4.64. The van der Waals surface area contributed by atoms with Gasteiger partial charge in [-0.2, -0.15) is 10.2 Å². The summed E-state index contributed by atoms with van der Waals surface area (Å²) in [7, 11) is 1.77. The van der Waals surface area contributed by atoms with Gasteiger partial charge in [-0.15, -0.1) is 0 Å². The van der Waals surface area contributed by atoms with Gasteiger partial charge in [0.15, 0.2) is 0 Å². The van der Waals surface area contributed by atoms with Crippen molar-refractivity contribution >= 4 is 11.6 Å². The number of aromatic nitrogens is 4. The fourth-order valence-electron chi connectivity index (χ4n) is 1.82. The lowest BCUT2D eigenvalue weighted by Crippen LogP contribution is -2.16. The van der Waals surface area contributed by atoms with E-state index in [0.717, 1.165) is 29.2 Å². The third-order valence-corrected chi connectivity index (χ3v) is 2.89. The van der Waals surface area contributed by atoms with Gasteiger partial charge in [-0.05, 0) is 26.3 Å². The number of hydrogen-bond acceptors (Lipinski definition) is 3. The molecule has 2 rings (SSSR count). The maximum absolute atomic E-state index is 12.2. The lowest BCUT2D eigenvalue weighted by molar-refractivity contribution is 0.101. The van der Waals surface area contributed by atoms with Crippen LogP contribution < -0.4 is 5.32 Å². The Morgan fingerprint density at radius 2 is 2.22 bits per heavy atom. The first kappa shape index (κ1) is 12.3. The Morgan fingerprint density at radius 3 is 2.72 bits per heavy atom. The molecule has 0 unspecified atom stereocenters. The summed E-state index contributed by atoms with van der Waals surface area (Å²) in [5.74, 6) is -0.169. The van der Waals surface area contributed by atoms with Crippen LogP contribution in [0.4, 0.5) is 5.69 Å². The van der Waals surface area contributed by atoms with E-state index in [4.69, 9.17) is 0 Å². The molecule has 0 aliphatic heterocycles. The fraction of sp³-hybridized carbons (Fsp3) is 0.417. The van der Waals surface area contributed by atoms with Crippen molar-refractivity contribution in [1.82, 2.24) is 20.0 Å². The van der Waals surface area contributed by atoms with E-state index >= 15 is 0 Å². The van der Waals surface area contributed by atoms with Crippen LogP contribution >= 0.6 is 0 Å². The van der Waals surface area contributed by atoms with E-state index in [9.17, 15) is 4.79 Å². The minimum atomic E-state index is -0.169. The number of rotatable bonds is 3. The summed E-state index contributed by atoms with van der Waals surface area (Å²) in [5, 5.41) is 14.0. The van der Waals surface area contributed by atoms with Gasteiger partial charge in [0.1, 0.15) is 5.69 Å². The number of aromatic amines is 1. The predicted molar refractivity (Wildman–Crippen MR) is 68.6 cm³/mol. The van der Waals surface area contributed by atoms with Crippen molar-refractivity contribution in [2.24, 2.45) is 7.05 Å². The topological polar surface area (TPSA) is 75.6 Å². The smallest absolute Gasteiger partial charge is 0.274 e. The molecular weight excluding hydrogens is 230 g/mol. The van der Waals surface area contributed by atoms with Crippen molar-refractivity contribution in [3.05, 3.63) is 28.8 Å². The number of nitrogens with zero attached hydrogens (tertiary/aromatic N) is 3. The largest absolute Gasteiger partial charge is 0.318 e. The molecule has 0 fully saturated rings. The second-order valence-corrected chi connectivity index (χ2v) is 4.26. The van der Waals surface area contributed by atoms with E-state index in [1.165, 1.54) is 0 Å². The molecule has 2 N–H and O–H groups in total. The molecule has 18 heavy (non-hydrogen) atoms. The Kier molecular flexibility index (Phi) is 3.18. The van der Waals surface area contributed by atoms with Crippen LogP contribution in [0.1, 0.15) is 34.5 Å². The van der Waals surface area contributed by atoms with Crippen molar-refractivity contribution in [2.75, 3.05) is 5.32 Å². The molecule has 2 heterocycles. The zero-order chi connectivity index (χ0) is 13.3. The number of carbonyl (C=O) groups is 1. The van der Waals surface area contributed by atoms with Crippen LogP contribution in [0.3, 0.4) is 0 Å². The van der Waals surface area contributed by atoms with E-state index in [1.807, 2.05) is 20.8 Å². The molecule has 0 aromatic carbocycles. The Bertz CT molecular complexity index is 562. The molecule has 2 aromatic heterocycles. The van der Waals surface area contributed by atoms with Crippen molar-refractivity contribution in [2.45, 2.75) is 27.2 Å². The third kappa shape index (κ3) is 2.13. The summed E-state index contributed by atoms with van der Waals surface area (Å²) in [4.78, 5) is 12.2. The van der Waals surface area contributed by atoms with Crippen LogP contribution in [0, 0.1) is 13.8 Å². The maximum atomic E-state index is 12.2. The number of hydrogen-bond donors (Lipinski definition) is 2. The fourth-order valence-corrected chi connectivity index (χ4v) is 1.82. The van der Waals surface area contributed by atoms with Gasteiger partial charge in [0.25, 0.3) is 5.91 Å². The van der Waals surface area contributed by atoms with Crippen molar-refractivity contribution < 1.29 is 4.79 Å². The molecule has 0 bridgehead atoms. The predicted octanol–water partition coefficient (Wildman–Crippen LogP) is 1.57. The van der Waals surface area contributed by atoms with Crippen molar-refractivity contribution in [3.63, 3.8) is 0 Å². The number of carbonyl (C=O) groups excluding carboxylic acids is 1. The van der Waals surface area contributed by atoms with Gasteiger partial charge in [0.05, 0.1) is 22.8 Å². The molecule has 0 spiro atoms. The highest BCUT2D eigenvalue weighted by molar-refractivity contribution is 6.03. The van der Waals surface area contributed by atoms with Gasteiger partial charge >= 0.3 is 0 Å². The van der Waals surface area contributed by atoms with Gasteiger partial charge < -0.3 is 5.32 Å². The highest BCUT2D eigenvalue weighted by Crippen LogP contribution is 2.17. The molecule has 0 radical (unpaired) electrons. The first-order valence-corrected chi connectivity index (χ1v) is 5.88. The summed E-state index contributed by atoms with van der Waals surface area (Å²) >= 11 is 0. The van der Waals surface area contributed by atoms with Gasteiger partial charge in [0.2, 0.25) is 0 Å². The standard InChI is InChI=1S/C12H17N5O/c1-5-9-6-10(17(4)16-9)12(18)13-11-7(2)14-15-8(11)3/h6H,5H2,1-4H3,(H,13,18)(H,14,15). The normalized spacial score (nSPS) is 10.7. The first-order chi connectivity index (χ1) is 8.52. The molecule has 0 saturated carbocycles. The number of H-pyrrole nitrogens is 1. The van der Waals surface area contributed by atoms with Gasteiger partial charge in [-0.3, -0.25) is 14.6 Å². The highest BCUT2D eigenvalue weighted by atomic mass is 16.2. The van der Waals surface area contributed by atoms with Crippen LogP contribution in [-0.2, 0) is 13.5 Å². The van der Waals surface area contributed by atoms with E-state index in [1.54, 1.807) is 17.8 Å². The molecule has 0 atom stereocenters. The summed E-state index contributed by atoms with van der Waals surface area (Å²) in [6.07, 6.45) is 0.810. The van der Waals surface area contributed by atoms with E-state index < -0.39 is 0 Å². The lowest BCUT2D eigenvalue weighted by atomic mass is 10.2. The number of anilines is 1. The average molecular weight is 247 g/mol. The van der Waals surface area contributed by atoms with Crippen LogP contribution in [0.25, 0.3) is 0 Å². The van der Waals surface area contributed by atoms with E-state index in [-0.39, 0.29) is 5.91 Å². The van der Waals surface area contributed by atoms with Gasteiger partial charge in [-0.25, -0.2) is 0 Å². The second-order valence-electron chi connectivity index (χ2n) is 4.26. The van der Waals surface area contributed by atoms with Crippen molar-refractivity contribution in [1.29, 1.82) is 0 Å². The Hall–Kier alpha value is -2.11. The quantitative estimate of drug-likeness (QED) is 0.864. The van der Waals surface area contributed by atoms with Gasteiger partial charge in [0, 0.05) is 7.05 Å². The van der Waals surface area contributed by atoms with Crippen LogP contribution in [-0.4, -0.2) is 25.9 Å². The van der Waals surface area contributed by atoms with Crippen LogP contribution in [0.2, 0.25) is 0 Å². The summed E-state index contributed by atoms with van der Waals surface area (Å²) in [6, 6.07) is 1.81. The van der Waals surface area contributed by atoms with Crippen LogP contribution in [0.5, 0.6) is 0 Å². The molecule has 0 aliphatic carbocycles. The average Bonchev–Trinajstić information content (AvgIpc) is 2.86. The zero-order valence-corrected chi connectivity index (χ0v) is 11.0. The third-order valence-electron chi connectivity index (χ3n) is 2.89. The molecule has 1 amide bonds. The van der Waals surface area contributed by atoms with Gasteiger partial charge in [-0.1, -0.05) is 6.92 Å². The summed E-state index contributed by atoms with van der Waals surface area (Å²) in [6.45, 7) is 5.73. The minimum absolute atomic E-state index is 0.169. The Morgan fingerprint density at radius 1 is 1.50 bits per heavy atom. The molecular formula is C12H17N5O. The number of amides is 1. The molecule has 96 valence electrons. The zero-order valence-electron chi connectivity index (χ0n) is 11.0. The molecule has 2 aromatic rings. The van der Waals surface area contributed by atoms with E-state index in [2.05, 4.69) is 20.6 Å². The molecule has 6 nitrogen and oxygen atoms in total. The Balaban J connectivity index is 2.24. The minimum Gasteiger partial charge on any atom is -0.318 e.